The lowest BCUT2D eigenvalue weighted by atomic mass is 9.92. The van der Waals surface area contributed by atoms with Crippen molar-refractivity contribution in [3.63, 3.8) is 0 Å². The monoisotopic (exact) mass is 223 g/mol. The topological polar surface area (TPSA) is 72.5 Å². The molecule has 1 rings (SSSR count). The second-order valence-corrected chi connectivity index (χ2v) is 3.88. The average molecular weight is 223 g/mol. The second-order valence-electron chi connectivity index (χ2n) is 3.88. The minimum absolute atomic E-state index is 0.672. The molecule has 0 radical (unpaired) electrons. The second kappa shape index (κ2) is 4.53. The smallest absolute Gasteiger partial charge is 0.325 e. The van der Waals surface area contributed by atoms with Crippen molar-refractivity contribution in [3.8, 4) is 5.75 Å². The van der Waals surface area contributed by atoms with Crippen LogP contribution in [0.5, 0.6) is 5.75 Å². The highest BCUT2D eigenvalue weighted by molar-refractivity contribution is 5.77. The highest BCUT2D eigenvalue weighted by atomic mass is 16.5. The maximum Gasteiger partial charge on any atom is 0.325 e. The molecule has 1 atom stereocenters. The fraction of sp³-hybridized carbons (Fsp3) is 0.417. The molecule has 0 aliphatic carbocycles. The molecule has 0 saturated carbocycles. The van der Waals surface area contributed by atoms with Crippen molar-refractivity contribution >= 4 is 5.97 Å². The molecular formula is C12H17NO3. The van der Waals surface area contributed by atoms with E-state index in [9.17, 15) is 4.79 Å². The minimum atomic E-state index is -1.02. The lowest BCUT2D eigenvalue weighted by Gasteiger charge is -2.18. The predicted molar refractivity (Wildman–Crippen MR) is 61.8 cm³/mol. The molecule has 0 aromatic heterocycles. The molecular weight excluding hydrogens is 206 g/mol. The first-order valence-corrected chi connectivity index (χ1v) is 5.03. The zero-order valence-electron chi connectivity index (χ0n) is 10.00. The van der Waals surface area contributed by atoms with Gasteiger partial charge in [-0.2, -0.15) is 0 Å². The van der Waals surface area contributed by atoms with Gasteiger partial charge in [0.05, 0.1) is 7.11 Å². The number of hydrogen-bond donors (Lipinski definition) is 2. The van der Waals surface area contributed by atoms with E-state index in [0.717, 1.165) is 22.4 Å². The Hall–Kier alpha value is -1.55. The van der Waals surface area contributed by atoms with Crippen molar-refractivity contribution in [3.05, 3.63) is 28.3 Å². The van der Waals surface area contributed by atoms with E-state index in [1.54, 1.807) is 7.11 Å². The van der Waals surface area contributed by atoms with Gasteiger partial charge in [0.1, 0.15) is 11.8 Å². The third-order valence-electron chi connectivity index (χ3n) is 2.91. The van der Waals surface area contributed by atoms with Gasteiger partial charge in [-0.25, -0.2) is 0 Å². The third kappa shape index (κ3) is 2.02. The van der Waals surface area contributed by atoms with Gasteiger partial charge in [0.25, 0.3) is 0 Å². The first-order valence-electron chi connectivity index (χ1n) is 5.03. The number of aliphatic carboxylic acids is 1. The number of methoxy groups -OCH3 is 1. The summed E-state index contributed by atoms with van der Waals surface area (Å²) in [5.41, 5.74) is 8.99. The number of hydrogen-bond acceptors (Lipinski definition) is 3. The normalized spacial score (nSPS) is 12.3. The zero-order valence-corrected chi connectivity index (χ0v) is 10.00. The van der Waals surface area contributed by atoms with Crippen LogP contribution >= 0.6 is 0 Å². The molecule has 1 aromatic rings. The SMILES string of the molecule is COc1cc(C)c(C(N)C(=O)O)c(C)c1C. The highest BCUT2D eigenvalue weighted by Gasteiger charge is 2.21. The van der Waals surface area contributed by atoms with Crippen molar-refractivity contribution in [2.24, 2.45) is 5.73 Å². The van der Waals surface area contributed by atoms with Crippen LogP contribution in [0.25, 0.3) is 0 Å². The van der Waals surface area contributed by atoms with Gasteiger partial charge in [0.15, 0.2) is 0 Å². The van der Waals surface area contributed by atoms with Crippen LogP contribution < -0.4 is 10.5 Å². The quantitative estimate of drug-likeness (QED) is 0.818. The van der Waals surface area contributed by atoms with E-state index in [1.807, 2.05) is 26.8 Å². The zero-order chi connectivity index (χ0) is 12.5. The van der Waals surface area contributed by atoms with Crippen LogP contribution in [0, 0.1) is 20.8 Å². The molecule has 4 heteroatoms. The van der Waals surface area contributed by atoms with E-state index < -0.39 is 12.0 Å². The van der Waals surface area contributed by atoms with Gasteiger partial charge in [-0.3, -0.25) is 4.79 Å². The van der Waals surface area contributed by atoms with Crippen molar-refractivity contribution in [1.29, 1.82) is 0 Å². The fourth-order valence-corrected chi connectivity index (χ4v) is 1.88. The standard InChI is InChI=1S/C12H17NO3/c1-6-5-9(16-4)7(2)8(3)10(6)11(13)12(14)15/h5,11H,13H2,1-4H3,(H,14,15). The van der Waals surface area contributed by atoms with Gasteiger partial charge < -0.3 is 15.6 Å². The first-order chi connectivity index (χ1) is 7.40. The largest absolute Gasteiger partial charge is 0.496 e. The third-order valence-corrected chi connectivity index (χ3v) is 2.91. The van der Waals surface area contributed by atoms with E-state index >= 15 is 0 Å². The molecule has 0 aliphatic heterocycles. The molecule has 1 unspecified atom stereocenters. The summed E-state index contributed by atoms with van der Waals surface area (Å²) in [5.74, 6) is -0.257. The van der Waals surface area contributed by atoms with E-state index in [0.29, 0.717) is 5.56 Å². The van der Waals surface area contributed by atoms with Crippen LogP contribution in [0.2, 0.25) is 0 Å². The van der Waals surface area contributed by atoms with Gasteiger partial charge in [0.2, 0.25) is 0 Å². The Bertz CT molecular complexity index is 427. The van der Waals surface area contributed by atoms with Gasteiger partial charge in [-0.15, -0.1) is 0 Å². The van der Waals surface area contributed by atoms with Gasteiger partial charge in [-0.05, 0) is 49.1 Å². The number of ether oxygens (including phenoxy) is 1. The summed E-state index contributed by atoms with van der Waals surface area (Å²) in [4.78, 5) is 10.9. The molecule has 0 amide bonds. The fourth-order valence-electron chi connectivity index (χ4n) is 1.88. The van der Waals surface area contributed by atoms with Crippen molar-refractivity contribution in [1.82, 2.24) is 0 Å². The highest BCUT2D eigenvalue weighted by Crippen LogP contribution is 2.30. The van der Waals surface area contributed by atoms with E-state index in [4.69, 9.17) is 15.6 Å². The lowest BCUT2D eigenvalue weighted by Crippen LogP contribution is -2.23. The molecule has 4 nitrogen and oxygen atoms in total. The first kappa shape index (κ1) is 12.5. The van der Waals surface area contributed by atoms with E-state index in [1.165, 1.54) is 0 Å². The van der Waals surface area contributed by atoms with E-state index in [-0.39, 0.29) is 0 Å². The Morgan fingerprint density at radius 3 is 2.38 bits per heavy atom. The molecule has 88 valence electrons. The molecule has 0 spiro atoms. The van der Waals surface area contributed by atoms with Crippen molar-refractivity contribution < 1.29 is 14.6 Å². The molecule has 0 fully saturated rings. The maximum absolute atomic E-state index is 10.9. The van der Waals surface area contributed by atoms with Crippen LogP contribution in [0.15, 0.2) is 6.07 Å². The van der Waals surface area contributed by atoms with Crippen LogP contribution in [-0.4, -0.2) is 18.2 Å². The van der Waals surface area contributed by atoms with E-state index in [2.05, 4.69) is 0 Å². The van der Waals surface area contributed by atoms with Crippen molar-refractivity contribution in [2.45, 2.75) is 26.8 Å². The number of aryl methyl sites for hydroxylation is 1. The van der Waals surface area contributed by atoms with Gasteiger partial charge >= 0.3 is 5.97 Å². The Labute approximate surface area is 95.0 Å². The molecule has 0 aliphatic rings. The number of carbonyl (C=O) groups is 1. The molecule has 16 heavy (non-hydrogen) atoms. The van der Waals surface area contributed by atoms with Crippen molar-refractivity contribution in [2.75, 3.05) is 7.11 Å². The Morgan fingerprint density at radius 2 is 1.94 bits per heavy atom. The number of nitrogens with two attached hydrogens (primary N) is 1. The molecule has 1 aromatic carbocycles. The minimum Gasteiger partial charge on any atom is -0.496 e. The van der Waals surface area contributed by atoms with Gasteiger partial charge in [-0.1, -0.05) is 0 Å². The number of carboxylic acid groups (broad SMARTS) is 1. The Balaban J connectivity index is 3.41. The summed E-state index contributed by atoms with van der Waals surface area (Å²) in [6.45, 7) is 5.60. The summed E-state index contributed by atoms with van der Waals surface area (Å²) >= 11 is 0. The Kier molecular flexibility index (Phi) is 3.55. The van der Waals surface area contributed by atoms with Crippen LogP contribution in [0.3, 0.4) is 0 Å². The summed E-state index contributed by atoms with van der Waals surface area (Å²) in [5, 5.41) is 8.95. The van der Waals surface area contributed by atoms with Crippen LogP contribution in [0.4, 0.5) is 0 Å². The maximum atomic E-state index is 10.9. The molecule has 0 saturated heterocycles. The summed E-state index contributed by atoms with van der Waals surface area (Å²) in [7, 11) is 1.60. The number of carboxylic acids is 1. The predicted octanol–water partition coefficient (Wildman–Crippen LogP) is 1.70. The summed E-state index contributed by atoms with van der Waals surface area (Å²) in [6, 6.07) is 0.838. The van der Waals surface area contributed by atoms with Gasteiger partial charge in [0, 0.05) is 0 Å². The van der Waals surface area contributed by atoms with Crippen LogP contribution in [-0.2, 0) is 4.79 Å². The molecule has 0 bridgehead atoms. The average Bonchev–Trinajstić information content (AvgIpc) is 2.23. The summed E-state index contributed by atoms with van der Waals surface area (Å²) in [6.07, 6.45) is 0. The van der Waals surface area contributed by atoms with Crippen LogP contribution in [0.1, 0.15) is 28.3 Å². The number of benzene rings is 1. The number of rotatable bonds is 3. The lowest BCUT2D eigenvalue weighted by molar-refractivity contribution is -0.138. The Morgan fingerprint density at radius 1 is 1.38 bits per heavy atom. The molecule has 3 N–H and O–H groups in total. The molecule has 0 heterocycles. The summed E-state index contributed by atoms with van der Waals surface area (Å²) < 4.78 is 5.21.